The molecule has 0 aliphatic rings. The number of ether oxygens (including phenoxy) is 1. The highest BCUT2D eigenvalue weighted by Gasteiger charge is 2.09. The fraction of sp³-hybridized carbons (Fsp3) is 0.647. The highest BCUT2D eigenvalue weighted by Crippen LogP contribution is 2.16. The molecule has 0 heterocycles. The fourth-order valence-electron chi connectivity index (χ4n) is 2.22. The Kier molecular flexibility index (Phi) is 9.73. The predicted octanol–water partition coefficient (Wildman–Crippen LogP) is 4.32. The van der Waals surface area contributed by atoms with Crippen molar-refractivity contribution in [2.75, 3.05) is 26.3 Å². The number of hydrogen-bond donors (Lipinski definition) is 1. The van der Waals surface area contributed by atoms with Gasteiger partial charge in [0, 0.05) is 18.2 Å². The summed E-state index contributed by atoms with van der Waals surface area (Å²) in [5, 5.41) is 4.27. The van der Waals surface area contributed by atoms with Crippen molar-refractivity contribution in [3.8, 4) is 0 Å². The maximum atomic E-state index is 6.05. The average Bonchev–Trinajstić information content (AvgIpc) is 2.44. The van der Waals surface area contributed by atoms with Crippen LogP contribution in [0.2, 0.25) is 5.02 Å². The summed E-state index contributed by atoms with van der Waals surface area (Å²) in [4.78, 5) is 0. The lowest BCUT2D eigenvalue weighted by Gasteiger charge is -2.17. The van der Waals surface area contributed by atoms with Gasteiger partial charge in [-0.2, -0.15) is 0 Å². The summed E-state index contributed by atoms with van der Waals surface area (Å²) in [5.74, 6) is 0.607. The van der Waals surface area contributed by atoms with E-state index in [1.807, 2.05) is 12.1 Å². The molecule has 1 N–H and O–H groups in total. The van der Waals surface area contributed by atoms with Gasteiger partial charge in [-0.05, 0) is 56.0 Å². The minimum Gasteiger partial charge on any atom is -0.381 e. The van der Waals surface area contributed by atoms with Gasteiger partial charge in [0.15, 0.2) is 0 Å². The Morgan fingerprint density at radius 1 is 1.25 bits per heavy atom. The SMILES string of the molecule is CCCCOCCC(CNCC)Cc1cccc(Cl)c1. The van der Waals surface area contributed by atoms with Crippen molar-refractivity contribution >= 4 is 11.6 Å². The first-order valence-corrected chi connectivity index (χ1v) is 8.17. The van der Waals surface area contributed by atoms with Gasteiger partial charge >= 0.3 is 0 Å². The van der Waals surface area contributed by atoms with Crippen LogP contribution in [-0.4, -0.2) is 26.3 Å². The second kappa shape index (κ2) is 11.1. The fourth-order valence-corrected chi connectivity index (χ4v) is 2.43. The van der Waals surface area contributed by atoms with Gasteiger partial charge in [-0.25, -0.2) is 0 Å². The van der Waals surface area contributed by atoms with Crippen LogP contribution >= 0.6 is 11.6 Å². The van der Waals surface area contributed by atoms with Gasteiger partial charge in [0.1, 0.15) is 0 Å². The Morgan fingerprint density at radius 2 is 2.10 bits per heavy atom. The van der Waals surface area contributed by atoms with E-state index in [2.05, 4.69) is 31.3 Å². The van der Waals surface area contributed by atoms with Gasteiger partial charge in [-0.15, -0.1) is 0 Å². The van der Waals surface area contributed by atoms with E-state index >= 15 is 0 Å². The maximum absolute atomic E-state index is 6.05. The number of rotatable bonds is 11. The van der Waals surface area contributed by atoms with E-state index in [1.165, 1.54) is 12.0 Å². The number of benzene rings is 1. The van der Waals surface area contributed by atoms with Crippen LogP contribution in [0.25, 0.3) is 0 Å². The first-order valence-electron chi connectivity index (χ1n) is 7.79. The highest BCUT2D eigenvalue weighted by atomic mass is 35.5. The third-order valence-corrected chi connectivity index (χ3v) is 3.64. The van der Waals surface area contributed by atoms with Crippen LogP contribution in [0.5, 0.6) is 0 Å². The van der Waals surface area contributed by atoms with E-state index in [0.29, 0.717) is 5.92 Å². The Hall–Kier alpha value is -0.570. The van der Waals surface area contributed by atoms with Gasteiger partial charge in [-0.3, -0.25) is 0 Å². The number of halogens is 1. The van der Waals surface area contributed by atoms with Crippen molar-refractivity contribution in [1.29, 1.82) is 0 Å². The minimum absolute atomic E-state index is 0.607. The highest BCUT2D eigenvalue weighted by molar-refractivity contribution is 6.30. The van der Waals surface area contributed by atoms with E-state index in [4.69, 9.17) is 16.3 Å². The average molecular weight is 298 g/mol. The van der Waals surface area contributed by atoms with E-state index in [0.717, 1.165) is 50.6 Å². The summed E-state index contributed by atoms with van der Waals surface area (Å²) in [7, 11) is 0. The molecule has 0 saturated heterocycles. The minimum atomic E-state index is 0.607. The zero-order valence-corrected chi connectivity index (χ0v) is 13.6. The van der Waals surface area contributed by atoms with Crippen molar-refractivity contribution < 1.29 is 4.74 Å². The van der Waals surface area contributed by atoms with E-state index in [1.54, 1.807) is 0 Å². The first kappa shape index (κ1) is 17.5. The number of nitrogens with one attached hydrogen (secondary N) is 1. The molecule has 0 radical (unpaired) electrons. The van der Waals surface area contributed by atoms with Gasteiger partial charge in [-0.1, -0.05) is 44.0 Å². The topological polar surface area (TPSA) is 21.3 Å². The Bertz CT molecular complexity index is 357. The summed E-state index contributed by atoms with van der Waals surface area (Å²) in [6.45, 7) is 8.14. The van der Waals surface area contributed by atoms with Crippen molar-refractivity contribution in [3.05, 3.63) is 34.9 Å². The molecule has 1 unspecified atom stereocenters. The quantitative estimate of drug-likeness (QED) is 0.614. The normalized spacial score (nSPS) is 12.6. The van der Waals surface area contributed by atoms with Crippen LogP contribution in [0.3, 0.4) is 0 Å². The second-order valence-electron chi connectivity index (χ2n) is 5.26. The monoisotopic (exact) mass is 297 g/mol. The molecule has 1 aromatic carbocycles. The van der Waals surface area contributed by atoms with E-state index in [9.17, 15) is 0 Å². The molecular formula is C17H28ClNO. The van der Waals surface area contributed by atoms with Gasteiger partial charge in [0.2, 0.25) is 0 Å². The second-order valence-corrected chi connectivity index (χ2v) is 5.70. The zero-order chi connectivity index (χ0) is 14.6. The lowest BCUT2D eigenvalue weighted by atomic mass is 9.96. The van der Waals surface area contributed by atoms with Crippen LogP contribution < -0.4 is 5.32 Å². The van der Waals surface area contributed by atoms with Crippen LogP contribution in [0, 0.1) is 5.92 Å². The molecule has 0 aliphatic heterocycles. The summed E-state index contributed by atoms with van der Waals surface area (Å²) in [6, 6.07) is 8.18. The van der Waals surface area contributed by atoms with Gasteiger partial charge in [0.05, 0.1) is 0 Å². The largest absolute Gasteiger partial charge is 0.381 e. The number of unbranched alkanes of at least 4 members (excludes halogenated alkanes) is 1. The summed E-state index contributed by atoms with van der Waals surface area (Å²) in [5.41, 5.74) is 1.31. The summed E-state index contributed by atoms with van der Waals surface area (Å²) >= 11 is 6.05. The smallest absolute Gasteiger partial charge is 0.0469 e. The van der Waals surface area contributed by atoms with Crippen molar-refractivity contribution in [1.82, 2.24) is 5.32 Å². The molecule has 0 amide bonds. The number of hydrogen-bond acceptors (Lipinski definition) is 2. The Labute approximate surface area is 128 Å². The van der Waals surface area contributed by atoms with Gasteiger partial charge < -0.3 is 10.1 Å². The van der Waals surface area contributed by atoms with Crippen molar-refractivity contribution in [2.24, 2.45) is 5.92 Å². The van der Waals surface area contributed by atoms with Crippen LogP contribution in [0.4, 0.5) is 0 Å². The molecule has 0 bridgehead atoms. The Morgan fingerprint density at radius 3 is 2.80 bits per heavy atom. The molecular weight excluding hydrogens is 270 g/mol. The van der Waals surface area contributed by atoms with Crippen LogP contribution in [0.15, 0.2) is 24.3 Å². The summed E-state index contributed by atoms with van der Waals surface area (Å²) in [6.07, 6.45) is 4.52. The lowest BCUT2D eigenvalue weighted by molar-refractivity contribution is 0.117. The first-order chi connectivity index (χ1) is 9.76. The third kappa shape index (κ3) is 7.88. The standard InChI is InChI=1S/C17H28ClNO/c1-3-5-10-20-11-9-16(14-19-4-2)12-15-7-6-8-17(18)13-15/h6-8,13,16,19H,3-5,9-12,14H2,1-2H3. The molecule has 0 aliphatic carbocycles. The van der Waals surface area contributed by atoms with Crippen LogP contribution in [0.1, 0.15) is 38.7 Å². The molecule has 114 valence electrons. The molecule has 2 nitrogen and oxygen atoms in total. The molecule has 3 heteroatoms. The van der Waals surface area contributed by atoms with Crippen molar-refractivity contribution in [3.63, 3.8) is 0 Å². The molecule has 0 saturated carbocycles. The van der Waals surface area contributed by atoms with E-state index in [-0.39, 0.29) is 0 Å². The molecule has 20 heavy (non-hydrogen) atoms. The molecule has 0 fully saturated rings. The van der Waals surface area contributed by atoms with Crippen LogP contribution in [-0.2, 0) is 11.2 Å². The molecule has 0 spiro atoms. The predicted molar refractivity (Wildman–Crippen MR) is 87.5 cm³/mol. The van der Waals surface area contributed by atoms with Gasteiger partial charge in [0.25, 0.3) is 0 Å². The zero-order valence-electron chi connectivity index (χ0n) is 12.8. The molecule has 1 atom stereocenters. The van der Waals surface area contributed by atoms with E-state index < -0.39 is 0 Å². The third-order valence-electron chi connectivity index (χ3n) is 3.41. The Balaban J connectivity index is 2.38. The maximum Gasteiger partial charge on any atom is 0.0469 e. The lowest BCUT2D eigenvalue weighted by Crippen LogP contribution is -2.25. The summed E-state index contributed by atoms with van der Waals surface area (Å²) < 4.78 is 5.69. The molecule has 1 aromatic rings. The molecule has 1 rings (SSSR count). The molecule has 0 aromatic heterocycles. The van der Waals surface area contributed by atoms with Crippen molar-refractivity contribution in [2.45, 2.75) is 39.5 Å².